The number of hydrogen-bond donors (Lipinski definition) is 1. The van der Waals surface area contributed by atoms with Crippen LogP contribution in [0.15, 0.2) is 0 Å². The average molecular weight is 277 g/mol. The molecular weight excluding hydrogens is 246 g/mol. The molecule has 0 saturated carbocycles. The van der Waals surface area contributed by atoms with Gasteiger partial charge in [-0.25, -0.2) is 8.42 Å². The summed E-state index contributed by atoms with van der Waals surface area (Å²) in [5, 5.41) is 3.53. The van der Waals surface area contributed by atoms with E-state index in [9.17, 15) is 8.42 Å². The maximum atomic E-state index is 11.5. The molecule has 0 saturated heterocycles. The summed E-state index contributed by atoms with van der Waals surface area (Å²) in [7, 11) is -2.81. The van der Waals surface area contributed by atoms with Gasteiger partial charge in [-0.05, 0) is 45.4 Å². The quantitative estimate of drug-likeness (QED) is 0.742. The van der Waals surface area contributed by atoms with Gasteiger partial charge >= 0.3 is 0 Å². The van der Waals surface area contributed by atoms with Gasteiger partial charge in [-0.1, -0.05) is 20.8 Å². The second-order valence-corrected chi connectivity index (χ2v) is 9.08. The molecule has 1 N–H and O–H groups in total. The van der Waals surface area contributed by atoms with Crippen LogP contribution in [-0.4, -0.2) is 32.0 Å². The van der Waals surface area contributed by atoms with Gasteiger partial charge in [0, 0.05) is 17.8 Å². The van der Waals surface area contributed by atoms with E-state index >= 15 is 0 Å². The van der Waals surface area contributed by atoms with E-state index in [1.54, 1.807) is 6.92 Å². The third kappa shape index (κ3) is 8.09. The molecule has 0 heterocycles. The summed E-state index contributed by atoms with van der Waals surface area (Å²) < 4.78 is 22.9. The maximum Gasteiger partial charge on any atom is 0.150 e. The Labute approximate surface area is 114 Å². The molecule has 0 radical (unpaired) electrons. The van der Waals surface area contributed by atoms with Crippen LogP contribution in [0.2, 0.25) is 0 Å². The van der Waals surface area contributed by atoms with Crippen LogP contribution in [0.1, 0.15) is 60.8 Å². The maximum absolute atomic E-state index is 11.5. The summed E-state index contributed by atoms with van der Waals surface area (Å²) in [5.41, 5.74) is 0.308. The highest BCUT2D eigenvalue weighted by Gasteiger charge is 2.24. The van der Waals surface area contributed by atoms with E-state index in [1.807, 2.05) is 0 Å². The Bertz CT molecular complexity index is 330. The predicted molar refractivity (Wildman–Crippen MR) is 79.7 cm³/mol. The minimum Gasteiger partial charge on any atom is -0.312 e. The lowest BCUT2D eigenvalue weighted by Gasteiger charge is -2.33. The van der Waals surface area contributed by atoms with Gasteiger partial charge in [-0.2, -0.15) is 0 Å². The SMILES string of the molecule is CCC(C)(CCCS(=O)(=O)CC)CNC(C)(C)C. The minimum absolute atomic E-state index is 0.117. The van der Waals surface area contributed by atoms with Crippen molar-refractivity contribution in [2.24, 2.45) is 5.41 Å². The van der Waals surface area contributed by atoms with E-state index in [1.165, 1.54) is 0 Å². The van der Waals surface area contributed by atoms with Gasteiger partial charge in [0.2, 0.25) is 0 Å². The van der Waals surface area contributed by atoms with Crippen LogP contribution in [0.3, 0.4) is 0 Å². The predicted octanol–water partition coefficient (Wildman–Crippen LogP) is 3.01. The first-order valence-electron chi connectivity index (χ1n) is 6.99. The molecule has 110 valence electrons. The van der Waals surface area contributed by atoms with Crippen molar-refractivity contribution in [2.45, 2.75) is 66.3 Å². The monoisotopic (exact) mass is 277 g/mol. The molecule has 4 heteroatoms. The molecule has 0 spiro atoms. The minimum atomic E-state index is -2.81. The standard InChI is InChI=1S/C14H31NO2S/c1-7-14(6,12-15-13(3,4)5)10-9-11-18(16,17)8-2/h15H,7-12H2,1-6H3. The molecule has 0 fully saturated rings. The lowest BCUT2D eigenvalue weighted by Crippen LogP contribution is -2.42. The topological polar surface area (TPSA) is 46.2 Å². The summed E-state index contributed by atoms with van der Waals surface area (Å²) in [6.45, 7) is 13.6. The Morgan fingerprint density at radius 3 is 2.00 bits per heavy atom. The smallest absolute Gasteiger partial charge is 0.150 e. The highest BCUT2D eigenvalue weighted by atomic mass is 32.2. The number of rotatable bonds is 8. The van der Waals surface area contributed by atoms with E-state index < -0.39 is 9.84 Å². The van der Waals surface area contributed by atoms with Gasteiger partial charge < -0.3 is 5.32 Å². The summed E-state index contributed by atoms with van der Waals surface area (Å²) in [4.78, 5) is 0. The first-order chi connectivity index (χ1) is 8.04. The van der Waals surface area contributed by atoms with E-state index in [4.69, 9.17) is 0 Å². The number of nitrogens with one attached hydrogen (secondary N) is 1. The van der Waals surface area contributed by atoms with Gasteiger partial charge in [0.25, 0.3) is 0 Å². The Kier molecular flexibility index (Phi) is 6.86. The van der Waals surface area contributed by atoms with Crippen LogP contribution in [0, 0.1) is 5.41 Å². The molecule has 3 nitrogen and oxygen atoms in total. The molecule has 0 aliphatic carbocycles. The highest BCUT2D eigenvalue weighted by molar-refractivity contribution is 7.91. The zero-order valence-corrected chi connectivity index (χ0v) is 13.8. The summed E-state index contributed by atoms with van der Waals surface area (Å²) >= 11 is 0. The zero-order valence-electron chi connectivity index (χ0n) is 13.0. The van der Waals surface area contributed by atoms with Crippen molar-refractivity contribution >= 4 is 9.84 Å². The van der Waals surface area contributed by atoms with Gasteiger partial charge in [0.15, 0.2) is 0 Å². The van der Waals surface area contributed by atoms with Crippen molar-refractivity contribution in [3.05, 3.63) is 0 Å². The molecule has 1 atom stereocenters. The van der Waals surface area contributed by atoms with E-state index in [-0.39, 0.29) is 16.7 Å². The average Bonchev–Trinajstić information content (AvgIpc) is 2.25. The normalized spacial score (nSPS) is 16.6. The molecule has 0 aromatic rings. The molecule has 0 aromatic heterocycles. The second-order valence-electron chi connectivity index (χ2n) is 6.61. The molecule has 0 aliphatic rings. The van der Waals surface area contributed by atoms with Crippen LogP contribution in [0.25, 0.3) is 0 Å². The third-order valence-electron chi connectivity index (χ3n) is 3.57. The van der Waals surface area contributed by atoms with Crippen molar-refractivity contribution in [1.82, 2.24) is 5.32 Å². The Morgan fingerprint density at radius 1 is 1.06 bits per heavy atom. The molecule has 0 aliphatic heterocycles. The number of hydrogen-bond acceptors (Lipinski definition) is 3. The zero-order chi connectivity index (χ0) is 14.4. The van der Waals surface area contributed by atoms with Crippen molar-refractivity contribution in [2.75, 3.05) is 18.1 Å². The largest absolute Gasteiger partial charge is 0.312 e. The summed E-state index contributed by atoms with van der Waals surface area (Å²) in [6.07, 6.45) is 2.81. The molecule has 18 heavy (non-hydrogen) atoms. The lowest BCUT2D eigenvalue weighted by molar-refractivity contribution is 0.237. The molecular formula is C14H31NO2S. The van der Waals surface area contributed by atoms with Crippen LogP contribution in [-0.2, 0) is 9.84 Å². The summed E-state index contributed by atoms with van der Waals surface area (Å²) in [5.74, 6) is 0.588. The highest BCUT2D eigenvalue weighted by Crippen LogP contribution is 2.27. The number of sulfone groups is 1. The Morgan fingerprint density at radius 2 is 1.61 bits per heavy atom. The first-order valence-corrected chi connectivity index (χ1v) is 8.81. The molecule has 0 bridgehead atoms. The van der Waals surface area contributed by atoms with Crippen LogP contribution in [0.4, 0.5) is 0 Å². The second kappa shape index (κ2) is 6.90. The van der Waals surface area contributed by atoms with Gasteiger partial charge in [-0.15, -0.1) is 0 Å². The summed E-state index contributed by atoms with van der Waals surface area (Å²) in [6, 6.07) is 0. The van der Waals surface area contributed by atoms with Crippen LogP contribution >= 0.6 is 0 Å². The van der Waals surface area contributed by atoms with E-state index in [0.29, 0.717) is 5.75 Å². The van der Waals surface area contributed by atoms with Gasteiger partial charge in [-0.3, -0.25) is 0 Å². The lowest BCUT2D eigenvalue weighted by atomic mass is 9.82. The van der Waals surface area contributed by atoms with Crippen molar-refractivity contribution in [3.63, 3.8) is 0 Å². The fraction of sp³-hybridized carbons (Fsp3) is 1.00. The molecule has 0 amide bonds. The fourth-order valence-electron chi connectivity index (χ4n) is 1.73. The Balaban J connectivity index is 4.24. The molecule has 0 rings (SSSR count). The van der Waals surface area contributed by atoms with Crippen molar-refractivity contribution in [3.8, 4) is 0 Å². The van der Waals surface area contributed by atoms with E-state index in [2.05, 4.69) is 39.9 Å². The van der Waals surface area contributed by atoms with Gasteiger partial charge in [0.05, 0.1) is 5.75 Å². The molecule has 0 aromatic carbocycles. The third-order valence-corrected chi connectivity index (χ3v) is 5.36. The van der Waals surface area contributed by atoms with Gasteiger partial charge in [0.1, 0.15) is 9.84 Å². The Hall–Kier alpha value is -0.0900. The first kappa shape index (κ1) is 17.9. The van der Waals surface area contributed by atoms with Crippen LogP contribution in [0.5, 0.6) is 0 Å². The van der Waals surface area contributed by atoms with Crippen molar-refractivity contribution in [1.29, 1.82) is 0 Å². The fourth-order valence-corrected chi connectivity index (χ4v) is 2.60. The van der Waals surface area contributed by atoms with Crippen molar-refractivity contribution < 1.29 is 8.42 Å². The van der Waals surface area contributed by atoms with E-state index in [0.717, 1.165) is 25.8 Å². The molecule has 1 unspecified atom stereocenters. The van der Waals surface area contributed by atoms with Crippen LogP contribution < -0.4 is 5.32 Å².